The van der Waals surface area contributed by atoms with Gasteiger partial charge < -0.3 is 9.26 Å². The molecule has 1 amide bonds. The Labute approximate surface area is 142 Å². The van der Waals surface area contributed by atoms with Crippen LogP contribution in [0.2, 0.25) is 0 Å². The van der Waals surface area contributed by atoms with Crippen molar-refractivity contribution in [1.29, 1.82) is 0 Å². The fourth-order valence-electron chi connectivity index (χ4n) is 2.78. The fraction of sp³-hybridized carbons (Fsp3) is 0.400. The van der Waals surface area contributed by atoms with Crippen LogP contribution in [0.3, 0.4) is 0 Å². The van der Waals surface area contributed by atoms with E-state index in [1.165, 1.54) is 17.0 Å². The number of carbonyl (C=O) groups is 1. The van der Waals surface area contributed by atoms with Crippen molar-refractivity contribution in [3.8, 4) is 11.5 Å². The quantitative estimate of drug-likeness (QED) is 0.842. The van der Waals surface area contributed by atoms with Crippen molar-refractivity contribution in [1.82, 2.24) is 15.1 Å². The van der Waals surface area contributed by atoms with Crippen LogP contribution in [0.4, 0.5) is 14.9 Å². The van der Waals surface area contributed by atoms with E-state index in [2.05, 4.69) is 20.5 Å². The molecule has 4 rings (SSSR count). The molecule has 2 aliphatic rings. The average Bonchev–Trinajstić information content (AvgIpc) is 3.30. The van der Waals surface area contributed by atoms with E-state index < -0.39 is 11.9 Å². The molecule has 0 bridgehead atoms. The van der Waals surface area contributed by atoms with Crippen molar-refractivity contribution in [2.75, 3.05) is 31.1 Å². The van der Waals surface area contributed by atoms with Gasteiger partial charge in [0.05, 0.1) is 37.4 Å². The summed E-state index contributed by atoms with van der Waals surface area (Å²) in [4.78, 5) is 17.5. The monoisotopic (exact) mass is 346 g/mol. The van der Waals surface area contributed by atoms with Gasteiger partial charge in [0.2, 0.25) is 0 Å². The molecule has 1 aromatic heterocycles. The van der Waals surface area contributed by atoms with Gasteiger partial charge in [-0.25, -0.2) is 9.18 Å². The number of carbonyl (C=O) groups excluding carboxylic acids is 1. The van der Waals surface area contributed by atoms with Crippen molar-refractivity contribution < 1.29 is 18.4 Å². The molecule has 1 atom stereocenters. The third-order valence-electron chi connectivity index (χ3n) is 3.96. The van der Waals surface area contributed by atoms with Crippen molar-refractivity contribution in [3.63, 3.8) is 0 Å². The first-order valence-electron chi connectivity index (χ1n) is 7.81. The topological polar surface area (TPSA) is 96.4 Å². The second kappa shape index (κ2) is 6.11. The Kier molecular flexibility index (Phi) is 3.79. The highest BCUT2D eigenvalue weighted by Crippen LogP contribution is 2.28. The van der Waals surface area contributed by atoms with E-state index in [-0.39, 0.29) is 17.6 Å². The Morgan fingerprint density at radius 2 is 2.28 bits per heavy atom. The van der Waals surface area contributed by atoms with Gasteiger partial charge >= 0.3 is 6.09 Å². The second-order valence-electron chi connectivity index (χ2n) is 5.79. The maximum atomic E-state index is 14.4. The maximum absolute atomic E-state index is 14.4. The zero-order valence-corrected chi connectivity index (χ0v) is 13.4. The summed E-state index contributed by atoms with van der Waals surface area (Å²) in [6, 6.07) is 4.39. The number of benzene rings is 1. The van der Waals surface area contributed by atoms with Crippen LogP contribution in [0, 0.1) is 12.7 Å². The van der Waals surface area contributed by atoms with Crippen LogP contribution < -0.4 is 4.90 Å². The molecular weight excluding hydrogens is 331 g/mol. The zero-order valence-electron chi connectivity index (χ0n) is 13.4. The van der Waals surface area contributed by atoms with Gasteiger partial charge in [-0.2, -0.15) is 10.1 Å². The van der Waals surface area contributed by atoms with E-state index in [1.807, 2.05) is 0 Å². The highest BCUT2D eigenvalue weighted by molar-refractivity contribution is 5.90. The standard InChI is InChI=1S/C15H15FN6O3/c1-9-18-14(25-19-9)12-3-2-10(6-13(12)16)22-8-11(24-15(22)23)7-21-5-4-17-20-21/h2-3,6,11H,4-5,7-8H2,1H3. The number of ether oxygens (including phenoxy) is 1. The Balaban J connectivity index is 1.50. The van der Waals surface area contributed by atoms with Gasteiger partial charge in [0.1, 0.15) is 11.9 Å². The van der Waals surface area contributed by atoms with Crippen molar-refractivity contribution in [3.05, 3.63) is 29.8 Å². The van der Waals surface area contributed by atoms with Gasteiger partial charge in [0.15, 0.2) is 5.82 Å². The number of rotatable bonds is 4. The summed E-state index contributed by atoms with van der Waals surface area (Å²) in [7, 11) is 0. The largest absolute Gasteiger partial charge is 0.442 e. The number of amides is 1. The van der Waals surface area contributed by atoms with Crippen molar-refractivity contribution in [2.45, 2.75) is 13.0 Å². The van der Waals surface area contributed by atoms with Gasteiger partial charge in [0, 0.05) is 0 Å². The molecule has 25 heavy (non-hydrogen) atoms. The summed E-state index contributed by atoms with van der Waals surface area (Å²) < 4.78 is 24.7. The van der Waals surface area contributed by atoms with E-state index in [0.29, 0.717) is 37.7 Å². The molecular formula is C15H15FN6O3. The lowest BCUT2D eigenvalue weighted by atomic mass is 10.1. The summed E-state index contributed by atoms with van der Waals surface area (Å²) in [5.41, 5.74) is 0.596. The van der Waals surface area contributed by atoms with Crippen molar-refractivity contribution in [2.24, 2.45) is 10.3 Å². The van der Waals surface area contributed by atoms with Crippen LogP contribution in [-0.2, 0) is 4.74 Å². The Bertz CT molecular complexity index is 838. The average molecular weight is 346 g/mol. The third-order valence-corrected chi connectivity index (χ3v) is 3.96. The molecule has 0 aliphatic carbocycles. The molecule has 9 nitrogen and oxygen atoms in total. The van der Waals surface area contributed by atoms with Crippen LogP contribution in [0.15, 0.2) is 33.1 Å². The molecule has 2 aliphatic heterocycles. The number of hydrogen-bond donors (Lipinski definition) is 0. The third kappa shape index (κ3) is 3.02. The molecule has 1 saturated heterocycles. The summed E-state index contributed by atoms with van der Waals surface area (Å²) in [6.07, 6.45) is -0.854. The van der Waals surface area contributed by atoms with Crippen LogP contribution in [-0.4, -0.2) is 53.5 Å². The Morgan fingerprint density at radius 3 is 2.96 bits per heavy atom. The highest BCUT2D eigenvalue weighted by Gasteiger charge is 2.34. The molecule has 1 fully saturated rings. The molecule has 0 saturated carbocycles. The lowest BCUT2D eigenvalue weighted by Gasteiger charge is -2.16. The van der Waals surface area contributed by atoms with Gasteiger partial charge in [-0.15, -0.1) is 0 Å². The zero-order chi connectivity index (χ0) is 17.4. The molecule has 1 aromatic carbocycles. The second-order valence-corrected chi connectivity index (χ2v) is 5.79. The number of nitrogens with zero attached hydrogens (tertiary/aromatic N) is 6. The molecule has 0 spiro atoms. The number of anilines is 1. The smallest absolute Gasteiger partial charge is 0.414 e. The van der Waals surface area contributed by atoms with Gasteiger partial charge in [-0.05, 0) is 25.1 Å². The van der Waals surface area contributed by atoms with E-state index in [1.54, 1.807) is 18.0 Å². The number of halogens is 1. The van der Waals surface area contributed by atoms with Crippen LogP contribution in [0.25, 0.3) is 11.5 Å². The summed E-state index contributed by atoms with van der Waals surface area (Å²) >= 11 is 0. The maximum Gasteiger partial charge on any atom is 0.414 e. The molecule has 2 aromatic rings. The minimum atomic E-state index is -0.550. The molecule has 0 N–H and O–H groups in total. The van der Waals surface area contributed by atoms with Gasteiger partial charge in [-0.1, -0.05) is 10.4 Å². The summed E-state index contributed by atoms with van der Waals surface area (Å²) in [5.74, 6) is -0.0305. The van der Waals surface area contributed by atoms with E-state index in [4.69, 9.17) is 9.26 Å². The first-order valence-corrected chi connectivity index (χ1v) is 7.81. The van der Waals surface area contributed by atoms with Gasteiger partial charge in [0.25, 0.3) is 5.89 Å². The summed E-state index contributed by atoms with van der Waals surface area (Å²) in [6.45, 7) is 3.80. The minimum Gasteiger partial charge on any atom is -0.442 e. The normalized spacial score (nSPS) is 19.8. The van der Waals surface area contributed by atoms with E-state index >= 15 is 0 Å². The van der Waals surface area contributed by atoms with Crippen LogP contribution in [0.1, 0.15) is 5.82 Å². The molecule has 3 heterocycles. The molecule has 10 heteroatoms. The molecule has 1 unspecified atom stereocenters. The first kappa shape index (κ1) is 15.5. The van der Waals surface area contributed by atoms with Crippen LogP contribution in [0.5, 0.6) is 0 Å². The number of cyclic esters (lactones) is 1. The fourth-order valence-corrected chi connectivity index (χ4v) is 2.78. The number of aromatic nitrogens is 2. The lowest BCUT2D eigenvalue weighted by Crippen LogP contribution is -2.31. The highest BCUT2D eigenvalue weighted by atomic mass is 19.1. The number of hydrogen-bond acceptors (Lipinski definition) is 8. The lowest BCUT2D eigenvalue weighted by molar-refractivity contribution is 0.114. The van der Waals surface area contributed by atoms with Crippen molar-refractivity contribution >= 4 is 11.8 Å². The molecule has 0 radical (unpaired) electrons. The minimum absolute atomic E-state index is 0.0998. The SMILES string of the molecule is Cc1noc(-c2ccc(N3CC(CN4CCN=N4)OC3=O)cc2F)n1. The van der Waals surface area contributed by atoms with Gasteiger partial charge in [-0.3, -0.25) is 9.91 Å². The molecule has 130 valence electrons. The first-order chi connectivity index (χ1) is 12.1. The summed E-state index contributed by atoms with van der Waals surface area (Å²) in [5, 5.41) is 13.2. The Morgan fingerprint density at radius 1 is 1.40 bits per heavy atom. The van der Waals surface area contributed by atoms with E-state index in [0.717, 1.165) is 0 Å². The Hall–Kier alpha value is -3.04. The predicted octanol–water partition coefficient (Wildman–Crippen LogP) is 2.19. The van der Waals surface area contributed by atoms with Crippen LogP contribution >= 0.6 is 0 Å². The predicted molar refractivity (Wildman–Crippen MR) is 83.3 cm³/mol. The number of aryl methyl sites for hydroxylation is 1. The van der Waals surface area contributed by atoms with E-state index in [9.17, 15) is 9.18 Å².